The van der Waals surface area contributed by atoms with Crippen LogP contribution in [0.25, 0.3) is 5.69 Å². The summed E-state index contributed by atoms with van der Waals surface area (Å²) in [6.45, 7) is 0.196. The number of hydrogen-bond acceptors (Lipinski definition) is 4. The van der Waals surface area contributed by atoms with Crippen molar-refractivity contribution in [3.63, 3.8) is 0 Å². The molecule has 1 atom stereocenters. The smallest absolute Gasteiger partial charge is 0.406 e. The molecule has 2 aromatic rings. The molecule has 8 heteroatoms. The molecule has 0 bridgehead atoms. The number of rotatable bonds is 3. The Bertz CT molecular complexity index is 695. The van der Waals surface area contributed by atoms with Crippen LogP contribution in [-0.4, -0.2) is 21.2 Å². The van der Waals surface area contributed by atoms with E-state index < -0.39 is 12.5 Å². The van der Waals surface area contributed by atoms with Crippen LogP contribution in [0.2, 0.25) is 0 Å². The maximum Gasteiger partial charge on any atom is 0.573 e. The highest BCUT2D eigenvalue weighted by atomic mass is 19.4. The third kappa shape index (κ3) is 3.18. The topological polar surface area (TPSA) is 73.3 Å². The van der Waals surface area contributed by atoms with Crippen LogP contribution in [-0.2, 0) is 13.0 Å². The van der Waals surface area contributed by atoms with Gasteiger partial charge in [0.2, 0.25) is 0 Å². The highest BCUT2D eigenvalue weighted by Crippen LogP contribution is 2.34. The molecule has 0 aliphatic heterocycles. The SMILES string of the molecule is NCc1nn(-c2ccc(OC(F)(F)F)cc2)c2c1C(O)CCC2. The van der Waals surface area contributed by atoms with Crippen LogP contribution in [0.1, 0.15) is 35.9 Å². The number of benzene rings is 1. The molecule has 1 aliphatic carbocycles. The van der Waals surface area contributed by atoms with E-state index >= 15 is 0 Å². The summed E-state index contributed by atoms with van der Waals surface area (Å²) >= 11 is 0. The zero-order chi connectivity index (χ0) is 16.6. The highest BCUT2D eigenvalue weighted by Gasteiger charge is 2.31. The van der Waals surface area contributed by atoms with E-state index in [4.69, 9.17) is 5.73 Å². The van der Waals surface area contributed by atoms with Crippen LogP contribution in [0.5, 0.6) is 5.75 Å². The van der Waals surface area contributed by atoms with Gasteiger partial charge in [-0.2, -0.15) is 5.10 Å². The fourth-order valence-corrected chi connectivity index (χ4v) is 2.90. The molecule has 1 heterocycles. The van der Waals surface area contributed by atoms with Gasteiger partial charge in [-0.05, 0) is 43.5 Å². The van der Waals surface area contributed by atoms with Crippen molar-refractivity contribution >= 4 is 0 Å². The van der Waals surface area contributed by atoms with Gasteiger partial charge in [0.25, 0.3) is 0 Å². The lowest BCUT2D eigenvalue weighted by atomic mass is 9.93. The molecule has 5 nitrogen and oxygen atoms in total. The van der Waals surface area contributed by atoms with Gasteiger partial charge in [-0.3, -0.25) is 0 Å². The molecule has 23 heavy (non-hydrogen) atoms. The van der Waals surface area contributed by atoms with E-state index in [0.717, 1.165) is 24.1 Å². The lowest BCUT2D eigenvalue weighted by Crippen LogP contribution is -2.17. The Labute approximate surface area is 130 Å². The average Bonchev–Trinajstić information content (AvgIpc) is 2.87. The Morgan fingerprint density at radius 2 is 2.00 bits per heavy atom. The molecule has 0 radical (unpaired) electrons. The molecule has 1 unspecified atom stereocenters. The number of alkyl halides is 3. The zero-order valence-electron chi connectivity index (χ0n) is 12.2. The summed E-state index contributed by atoms with van der Waals surface area (Å²) in [5.74, 6) is -0.290. The lowest BCUT2D eigenvalue weighted by molar-refractivity contribution is -0.274. The maximum absolute atomic E-state index is 12.2. The fraction of sp³-hybridized carbons (Fsp3) is 0.400. The van der Waals surface area contributed by atoms with Crippen molar-refractivity contribution in [1.29, 1.82) is 0 Å². The number of ether oxygens (including phenoxy) is 1. The Kier molecular flexibility index (Phi) is 4.03. The van der Waals surface area contributed by atoms with E-state index in [2.05, 4.69) is 9.84 Å². The van der Waals surface area contributed by atoms with Gasteiger partial charge in [0.1, 0.15) is 5.75 Å². The van der Waals surface area contributed by atoms with Crippen molar-refractivity contribution in [2.24, 2.45) is 5.73 Å². The molecule has 3 rings (SSSR count). The van der Waals surface area contributed by atoms with E-state index in [-0.39, 0.29) is 12.3 Å². The molecule has 0 amide bonds. The predicted molar refractivity (Wildman–Crippen MR) is 76.0 cm³/mol. The first kappa shape index (κ1) is 15.8. The van der Waals surface area contributed by atoms with Gasteiger partial charge in [-0.25, -0.2) is 4.68 Å². The summed E-state index contributed by atoms with van der Waals surface area (Å²) in [5.41, 5.74) is 8.50. The second kappa shape index (κ2) is 5.86. The summed E-state index contributed by atoms with van der Waals surface area (Å²) in [7, 11) is 0. The number of halogens is 3. The molecule has 3 N–H and O–H groups in total. The van der Waals surface area contributed by atoms with Crippen LogP contribution in [0, 0.1) is 0 Å². The molecular weight excluding hydrogens is 311 g/mol. The molecule has 1 aromatic heterocycles. The number of hydrogen-bond donors (Lipinski definition) is 2. The normalized spacial score (nSPS) is 17.9. The lowest BCUT2D eigenvalue weighted by Gasteiger charge is -2.19. The van der Waals surface area contributed by atoms with Gasteiger partial charge < -0.3 is 15.6 Å². The van der Waals surface area contributed by atoms with Gasteiger partial charge >= 0.3 is 6.36 Å². The molecular formula is C15H16F3N3O2. The Balaban J connectivity index is 1.96. The van der Waals surface area contributed by atoms with E-state index in [1.807, 2.05) is 0 Å². The number of nitrogens with zero attached hydrogens (tertiary/aromatic N) is 2. The molecule has 1 aliphatic rings. The molecule has 0 saturated carbocycles. The third-order valence-corrected chi connectivity index (χ3v) is 3.83. The molecule has 1 aromatic carbocycles. The molecule has 124 valence electrons. The van der Waals surface area contributed by atoms with Crippen molar-refractivity contribution in [3.8, 4) is 11.4 Å². The van der Waals surface area contributed by atoms with Crippen molar-refractivity contribution < 1.29 is 23.0 Å². The quantitative estimate of drug-likeness (QED) is 0.909. The van der Waals surface area contributed by atoms with Gasteiger partial charge in [-0.15, -0.1) is 13.2 Å². The summed E-state index contributed by atoms with van der Waals surface area (Å²) in [4.78, 5) is 0. The molecule has 0 saturated heterocycles. The largest absolute Gasteiger partial charge is 0.573 e. The Morgan fingerprint density at radius 1 is 1.30 bits per heavy atom. The van der Waals surface area contributed by atoms with Crippen LogP contribution in [0.4, 0.5) is 13.2 Å². The second-order valence-corrected chi connectivity index (χ2v) is 5.37. The number of aliphatic hydroxyl groups is 1. The fourth-order valence-electron chi connectivity index (χ4n) is 2.90. The standard InChI is InChI=1S/C15H16F3N3O2/c16-15(17,18)23-10-6-4-9(5-7-10)21-12-2-1-3-13(22)14(12)11(8-19)20-21/h4-7,13,22H,1-3,8,19H2. The maximum atomic E-state index is 12.2. The summed E-state index contributed by atoms with van der Waals surface area (Å²) in [6.07, 6.45) is -3.11. The number of aliphatic hydroxyl groups excluding tert-OH is 1. The van der Waals surface area contributed by atoms with Crippen molar-refractivity contribution in [3.05, 3.63) is 41.2 Å². The van der Waals surface area contributed by atoms with Gasteiger partial charge in [0, 0.05) is 12.1 Å². The molecule has 0 fully saturated rings. The van der Waals surface area contributed by atoms with Crippen LogP contribution in [0.15, 0.2) is 24.3 Å². The molecule has 0 spiro atoms. The minimum Gasteiger partial charge on any atom is -0.406 e. The van der Waals surface area contributed by atoms with E-state index in [1.165, 1.54) is 24.3 Å². The Morgan fingerprint density at radius 3 is 2.61 bits per heavy atom. The predicted octanol–water partition coefficient (Wildman–Crippen LogP) is 2.60. The average molecular weight is 327 g/mol. The van der Waals surface area contributed by atoms with E-state index in [9.17, 15) is 18.3 Å². The zero-order valence-corrected chi connectivity index (χ0v) is 12.2. The number of nitrogens with two attached hydrogens (primary N) is 1. The van der Waals surface area contributed by atoms with Crippen LogP contribution >= 0.6 is 0 Å². The minimum absolute atomic E-state index is 0.196. The van der Waals surface area contributed by atoms with E-state index in [1.54, 1.807) is 4.68 Å². The first-order valence-corrected chi connectivity index (χ1v) is 7.24. The van der Waals surface area contributed by atoms with Crippen molar-refractivity contribution in [2.75, 3.05) is 0 Å². The van der Waals surface area contributed by atoms with Crippen molar-refractivity contribution in [1.82, 2.24) is 9.78 Å². The van der Waals surface area contributed by atoms with Crippen molar-refractivity contribution in [2.45, 2.75) is 38.3 Å². The van der Waals surface area contributed by atoms with Crippen LogP contribution in [0.3, 0.4) is 0 Å². The summed E-state index contributed by atoms with van der Waals surface area (Å²) in [6, 6.07) is 5.46. The second-order valence-electron chi connectivity index (χ2n) is 5.37. The summed E-state index contributed by atoms with van der Waals surface area (Å²) < 4.78 is 42.1. The first-order valence-electron chi connectivity index (χ1n) is 7.24. The monoisotopic (exact) mass is 327 g/mol. The number of aromatic nitrogens is 2. The van der Waals surface area contributed by atoms with E-state index in [0.29, 0.717) is 17.8 Å². The number of fused-ring (bicyclic) bond motifs is 1. The highest BCUT2D eigenvalue weighted by molar-refractivity contribution is 5.42. The van der Waals surface area contributed by atoms with Gasteiger partial charge in [0.15, 0.2) is 0 Å². The minimum atomic E-state index is -4.72. The van der Waals surface area contributed by atoms with Crippen LogP contribution < -0.4 is 10.5 Å². The first-order chi connectivity index (χ1) is 10.9. The Hall–Kier alpha value is -2.06. The third-order valence-electron chi connectivity index (χ3n) is 3.83. The summed E-state index contributed by atoms with van der Waals surface area (Å²) in [5, 5.41) is 14.6. The van der Waals surface area contributed by atoms with Gasteiger partial charge in [0.05, 0.1) is 23.2 Å². The van der Waals surface area contributed by atoms with Gasteiger partial charge in [-0.1, -0.05) is 0 Å².